The first-order valence-corrected chi connectivity index (χ1v) is 6.75. The normalized spacial score (nSPS) is 9.86. The van der Waals surface area contributed by atoms with E-state index in [2.05, 4.69) is 27.2 Å². The van der Waals surface area contributed by atoms with Crippen LogP contribution in [0.15, 0.2) is 61.2 Å². The molecule has 1 heterocycles. The highest BCUT2D eigenvalue weighted by Crippen LogP contribution is 2.11. The summed E-state index contributed by atoms with van der Waals surface area (Å²) >= 11 is 0. The van der Waals surface area contributed by atoms with Gasteiger partial charge in [0, 0.05) is 11.3 Å². The number of halogens is 1. The molecule has 1 N–H and O–H groups in total. The fourth-order valence-electron chi connectivity index (χ4n) is 1.90. The van der Waals surface area contributed by atoms with Crippen molar-refractivity contribution in [1.82, 2.24) is 14.8 Å². The number of benzene rings is 2. The predicted octanol–water partition coefficient (Wildman–Crippen LogP) is 2.87. The third kappa shape index (κ3) is 3.49. The molecular formula is C17H13FN4. The number of hydrogen-bond donors (Lipinski definition) is 1. The highest BCUT2D eigenvalue weighted by atomic mass is 19.1. The van der Waals surface area contributed by atoms with Crippen LogP contribution in [0.1, 0.15) is 5.56 Å². The van der Waals surface area contributed by atoms with Gasteiger partial charge in [-0.3, -0.25) is 0 Å². The zero-order valence-corrected chi connectivity index (χ0v) is 11.7. The van der Waals surface area contributed by atoms with Gasteiger partial charge in [0.25, 0.3) is 0 Å². The first-order chi connectivity index (χ1) is 10.8. The number of nitrogens with zero attached hydrogens (tertiary/aromatic N) is 3. The number of anilines is 1. The van der Waals surface area contributed by atoms with E-state index in [1.165, 1.54) is 18.5 Å². The van der Waals surface area contributed by atoms with Crippen molar-refractivity contribution in [1.29, 1.82) is 0 Å². The van der Waals surface area contributed by atoms with E-state index in [9.17, 15) is 4.39 Å². The quantitative estimate of drug-likeness (QED) is 0.755. The van der Waals surface area contributed by atoms with Gasteiger partial charge in [-0.25, -0.2) is 14.1 Å². The summed E-state index contributed by atoms with van der Waals surface area (Å²) in [6, 6.07) is 13.9. The average molecular weight is 292 g/mol. The minimum absolute atomic E-state index is 0.254. The molecule has 3 rings (SSSR count). The Bertz CT molecular complexity index is 781. The van der Waals surface area contributed by atoms with Gasteiger partial charge in [-0.05, 0) is 48.5 Å². The van der Waals surface area contributed by atoms with Gasteiger partial charge in [-0.15, -0.1) is 0 Å². The highest BCUT2D eigenvalue weighted by Gasteiger charge is 1.96. The number of aromatic nitrogens is 3. The molecule has 4 nitrogen and oxygen atoms in total. The Kier molecular flexibility index (Phi) is 4.12. The molecule has 0 atom stereocenters. The van der Waals surface area contributed by atoms with E-state index < -0.39 is 0 Å². The van der Waals surface area contributed by atoms with E-state index in [1.807, 2.05) is 24.3 Å². The second-order valence-electron chi connectivity index (χ2n) is 4.55. The molecule has 2 aromatic carbocycles. The van der Waals surface area contributed by atoms with Crippen LogP contribution in [0.3, 0.4) is 0 Å². The van der Waals surface area contributed by atoms with Crippen LogP contribution in [0.5, 0.6) is 0 Å². The molecule has 0 fully saturated rings. The van der Waals surface area contributed by atoms with Crippen molar-refractivity contribution in [2.45, 2.75) is 0 Å². The fourth-order valence-corrected chi connectivity index (χ4v) is 1.90. The molecule has 0 unspecified atom stereocenters. The monoisotopic (exact) mass is 292 g/mol. The van der Waals surface area contributed by atoms with Crippen molar-refractivity contribution < 1.29 is 4.39 Å². The van der Waals surface area contributed by atoms with Gasteiger partial charge >= 0.3 is 0 Å². The molecule has 0 aliphatic carbocycles. The average Bonchev–Trinajstić information content (AvgIpc) is 3.08. The van der Waals surface area contributed by atoms with Crippen molar-refractivity contribution >= 4 is 5.69 Å². The van der Waals surface area contributed by atoms with Crippen molar-refractivity contribution in [3.8, 4) is 17.5 Å². The van der Waals surface area contributed by atoms with Gasteiger partial charge in [0.05, 0.1) is 12.2 Å². The Labute approximate surface area is 127 Å². The Balaban J connectivity index is 1.57. The molecule has 0 aliphatic heterocycles. The van der Waals surface area contributed by atoms with Crippen LogP contribution in [0, 0.1) is 17.7 Å². The fraction of sp³-hybridized carbons (Fsp3) is 0.0588. The summed E-state index contributed by atoms with van der Waals surface area (Å²) in [5.74, 6) is 5.72. The van der Waals surface area contributed by atoms with Crippen molar-refractivity contribution in [2.75, 3.05) is 11.9 Å². The van der Waals surface area contributed by atoms with Crippen LogP contribution in [0.4, 0.5) is 10.1 Å². The largest absolute Gasteiger partial charge is 0.374 e. The first kappa shape index (κ1) is 13.8. The maximum atomic E-state index is 12.8. The molecule has 0 aliphatic rings. The SMILES string of the molecule is Fc1ccc(C#CCNc2ccc(-n3cncn3)cc2)cc1. The van der Waals surface area contributed by atoms with E-state index in [1.54, 1.807) is 23.1 Å². The van der Waals surface area contributed by atoms with E-state index in [0.717, 1.165) is 16.9 Å². The van der Waals surface area contributed by atoms with Crippen molar-refractivity contribution in [3.63, 3.8) is 0 Å². The summed E-state index contributed by atoms with van der Waals surface area (Å²) in [5.41, 5.74) is 2.71. The first-order valence-electron chi connectivity index (χ1n) is 6.75. The van der Waals surface area contributed by atoms with E-state index >= 15 is 0 Å². The van der Waals surface area contributed by atoms with E-state index in [4.69, 9.17) is 0 Å². The van der Waals surface area contributed by atoms with Crippen LogP contribution in [-0.2, 0) is 0 Å². The van der Waals surface area contributed by atoms with Gasteiger partial charge in [0.2, 0.25) is 0 Å². The Morgan fingerprint density at radius 2 is 1.82 bits per heavy atom. The zero-order valence-electron chi connectivity index (χ0n) is 11.7. The second kappa shape index (κ2) is 6.55. The summed E-state index contributed by atoms with van der Waals surface area (Å²) < 4.78 is 14.5. The molecule has 5 heteroatoms. The minimum atomic E-state index is -0.254. The van der Waals surface area contributed by atoms with Crippen LogP contribution in [0.25, 0.3) is 5.69 Å². The molecule has 0 bridgehead atoms. The van der Waals surface area contributed by atoms with Crippen LogP contribution in [-0.4, -0.2) is 21.3 Å². The summed E-state index contributed by atoms with van der Waals surface area (Å²) in [6.07, 6.45) is 3.15. The van der Waals surface area contributed by atoms with Crippen molar-refractivity contribution in [2.24, 2.45) is 0 Å². The Hall–Kier alpha value is -3.13. The highest BCUT2D eigenvalue weighted by molar-refractivity contribution is 5.49. The zero-order chi connectivity index (χ0) is 15.2. The van der Waals surface area contributed by atoms with Crippen molar-refractivity contribution in [3.05, 3.63) is 72.6 Å². The van der Waals surface area contributed by atoms with Crippen LogP contribution in [0.2, 0.25) is 0 Å². The summed E-state index contributed by atoms with van der Waals surface area (Å²) in [6.45, 7) is 0.514. The molecule has 22 heavy (non-hydrogen) atoms. The lowest BCUT2D eigenvalue weighted by atomic mass is 10.2. The molecule has 0 spiro atoms. The second-order valence-corrected chi connectivity index (χ2v) is 4.55. The number of hydrogen-bond acceptors (Lipinski definition) is 3. The van der Waals surface area contributed by atoms with Gasteiger partial charge in [-0.2, -0.15) is 5.10 Å². The molecule has 3 aromatic rings. The molecule has 0 saturated carbocycles. The molecule has 108 valence electrons. The Morgan fingerprint density at radius 3 is 2.50 bits per heavy atom. The van der Waals surface area contributed by atoms with Crippen LogP contribution >= 0.6 is 0 Å². The number of nitrogens with one attached hydrogen (secondary N) is 1. The minimum Gasteiger partial charge on any atom is -0.374 e. The lowest BCUT2D eigenvalue weighted by molar-refractivity contribution is 0.627. The summed E-state index contributed by atoms with van der Waals surface area (Å²) in [4.78, 5) is 3.91. The third-order valence-electron chi connectivity index (χ3n) is 3.01. The maximum Gasteiger partial charge on any atom is 0.138 e. The molecule has 0 amide bonds. The number of rotatable bonds is 3. The lowest BCUT2D eigenvalue weighted by Gasteiger charge is -2.04. The maximum absolute atomic E-state index is 12.8. The predicted molar refractivity (Wildman–Crippen MR) is 83.1 cm³/mol. The van der Waals surface area contributed by atoms with Gasteiger partial charge in [-0.1, -0.05) is 11.8 Å². The van der Waals surface area contributed by atoms with Gasteiger partial charge < -0.3 is 5.32 Å². The third-order valence-corrected chi connectivity index (χ3v) is 3.01. The lowest BCUT2D eigenvalue weighted by Crippen LogP contribution is -1.99. The standard InChI is InChI=1S/C17H13FN4/c18-15-5-3-14(4-6-15)2-1-11-20-16-7-9-17(10-8-16)22-13-19-12-21-22/h3-10,12-13,20H,11H2. The Morgan fingerprint density at radius 1 is 1.05 bits per heavy atom. The molecule has 0 saturated heterocycles. The smallest absolute Gasteiger partial charge is 0.138 e. The molecular weight excluding hydrogens is 279 g/mol. The van der Waals surface area contributed by atoms with E-state index in [0.29, 0.717) is 6.54 Å². The molecule has 0 radical (unpaired) electrons. The summed E-state index contributed by atoms with van der Waals surface area (Å²) in [7, 11) is 0. The van der Waals surface area contributed by atoms with E-state index in [-0.39, 0.29) is 5.82 Å². The topological polar surface area (TPSA) is 42.7 Å². The molecule has 1 aromatic heterocycles. The van der Waals surface area contributed by atoms with Gasteiger partial charge in [0.1, 0.15) is 18.5 Å². The van der Waals surface area contributed by atoms with Crippen LogP contribution < -0.4 is 5.32 Å². The van der Waals surface area contributed by atoms with Gasteiger partial charge in [0.15, 0.2) is 0 Å². The summed E-state index contributed by atoms with van der Waals surface area (Å²) in [5, 5.41) is 7.27.